The minimum absolute atomic E-state index is 0. The number of benzene rings is 1. The molecule has 1 aliphatic heterocycles. The van der Waals surface area contributed by atoms with E-state index in [0.717, 1.165) is 37.5 Å². The first kappa shape index (κ1) is 24.2. The number of amides is 1. The first-order valence-electron chi connectivity index (χ1n) is 9.30. The van der Waals surface area contributed by atoms with E-state index in [1.807, 2.05) is 18.2 Å². The summed E-state index contributed by atoms with van der Waals surface area (Å²) in [6.45, 7) is 8.09. The molecule has 0 bridgehead atoms. The molecule has 2 rings (SSSR count). The average Bonchev–Trinajstić information content (AvgIpc) is 2.62. The van der Waals surface area contributed by atoms with Crippen molar-refractivity contribution < 1.29 is 9.53 Å². The number of hydrogen-bond donors (Lipinski definition) is 2. The molecule has 0 spiro atoms. The molecule has 1 aromatic carbocycles. The fourth-order valence-corrected chi connectivity index (χ4v) is 3.07. The molecule has 154 valence electrons. The number of nitrogens with one attached hydrogen (secondary N) is 2. The third-order valence-corrected chi connectivity index (χ3v) is 4.19. The topological polar surface area (TPSA) is 66.0 Å². The predicted octanol–water partition coefficient (Wildman–Crippen LogP) is 3.08. The molecule has 0 aromatic heterocycles. The molecule has 1 saturated heterocycles. The molecule has 1 amide bonds. The maximum absolute atomic E-state index is 12.2. The van der Waals surface area contributed by atoms with Gasteiger partial charge in [0.1, 0.15) is 0 Å². The SMILES string of the molecule is C#Cc1cccc(NC(=O)CNC(=NC)N2CCC(OC(C)(C)C)CC2)c1.I. The third-order valence-electron chi connectivity index (χ3n) is 4.19. The molecule has 1 heterocycles. The van der Waals surface area contributed by atoms with Crippen molar-refractivity contribution in [2.75, 3.05) is 32.0 Å². The number of carbonyl (C=O) groups excluding carboxylic acids is 1. The van der Waals surface area contributed by atoms with Crippen molar-refractivity contribution in [3.05, 3.63) is 29.8 Å². The number of terminal acetylenes is 1. The number of guanidine groups is 1. The third kappa shape index (κ3) is 8.07. The lowest BCUT2D eigenvalue weighted by Gasteiger charge is -2.36. The van der Waals surface area contributed by atoms with E-state index in [-0.39, 0.29) is 48.1 Å². The smallest absolute Gasteiger partial charge is 0.243 e. The van der Waals surface area contributed by atoms with E-state index < -0.39 is 0 Å². The van der Waals surface area contributed by atoms with E-state index in [0.29, 0.717) is 5.69 Å². The molecule has 7 heteroatoms. The van der Waals surface area contributed by atoms with Crippen molar-refractivity contribution in [2.24, 2.45) is 4.99 Å². The number of nitrogens with zero attached hydrogens (tertiary/aromatic N) is 2. The number of ether oxygens (including phenoxy) is 1. The number of halogens is 1. The Morgan fingerprint density at radius 3 is 2.61 bits per heavy atom. The predicted molar refractivity (Wildman–Crippen MR) is 125 cm³/mol. The molecule has 0 saturated carbocycles. The first-order chi connectivity index (χ1) is 12.8. The standard InChI is InChI=1S/C21H30N4O2.HI/c1-6-16-8-7-9-17(14-16)24-19(26)15-23-20(22-5)25-12-10-18(11-13-25)27-21(2,3)4;/h1,7-9,14,18H,10-13,15H2,2-5H3,(H,22,23)(H,24,26);1H. The van der Waals surface area contributed by atoms with Gasteiger partial charge < -0.3 is 20.3 Å². The van der Waals surface area contributed by atoms with Gasteiger partial charge in [0.15, 0.2) is 5.96 Å². The van der Waals surface area contributed by atoms with Gasteiger partial charge in [0.25, 0.3) is 0 Å². The van der Waals surface area contributed by atoms with Crippen LogP contribution < -0.4 is 10.6 Å². The monoisotopic (exact) mass is 498 g/mol. The van der Waals surface area contributed by atoms with Crippen LogP contribution >= 0.6 is 24.0 Å². The Bertz CT molecular complexity index is 714. The van der Waals surface area contributed by atoms with E-state index in [4.69, 9.17) is 11.2 Å². The zero-order chi connectivity index (χ0) is 19.9. The Labute approximate surface area is 185 Å². The van der Waals surface area contributed by atoms with Crippen LogP contribution in [0.4, 0.5) is 5.69 Å². The van der Waals surface area contributed by atoms with Crippen LogP contribution in [0.15, 0.2) is 29.3 Å². The lowest BCUT2D eigenvalue weighted by Crippen LogP contribution is -2.49. The summed E-state index contributed by atoms with van der Waals surface area (Å²) >= 11 is 0. The van der Waals surface area contributed by atoms with Gasteiger partial charge in [-0.2, -0.15) is 0 Å². The van der Waals surface area contributed by atoms with Crippen LogP contribution in [-0.2, 0) is 9.53 Å². The fourth-order valence-electron chi connectivity index (χ4n) is 3.07. The normalized spacial score (nSPS) is 15.4. The zero-order valence-corrected chi connectivity index (χ0v) is 19.4. The first-order valence-corrected chi connectivity index (χ1v) is 9.30. The number of piperidine rings is 1. The maximum atomic E-state index is 12.2. The van der Waals surface area contributed by atoms with Gasteiger partial charge in [-0.25, -0.2) is 0 Å². The molecule has 0 aliphatic carbocycles. The van der Waals surface area contributed by atoms with Crippen molar-refractivity contribution in [2.45, 2.75) is 45.3 Å². The Morgan fingerprint density at radius 1 is 1.36 bits per heavy atom. The Kier molecular flexibility index (Phi) is 9.76. The summed E-state index contributed by atoms with van der Waals surface area (Å²) in [7, 11) is 1.73. The lowest BCUT2D eigenvalue weighted by atomic mass is 10.1. The van der Waals surface area contributed by atoms with E-state index in [1.165, 1.54) is 0 Å². The number of hydrogen-bond acceptors (Lipinski definition) is 3. The Morgan fingerprint density at radius 2 is 2.04 bits per heavy atom. The average molecular weight is 498 g/mol. The summed E-state index contributed by atoms with van der Waals surface area (Å²) in [5.74, 6) is 3.15. The molecular weight excluding hydrogens is 467 g/mol. The molecule has 2 N–H and O–H groups in total. The van der Waals surface area contributed by atoms with Crippen LogP contribution in [0.3, 0.4) is 0 Å². The fraction of sp³-hybridized carbons (Fsp3) is 0.524. The Balaban J connectivity index is 0.00000392. The molecule has 0 unspecified atom stereocenters. The number of rotatable bonds is 4. The summed E-state index contributed by atoms with van der Waals surface area (Å²) in [6, 6.07) is 7.23. The van der Waals surface area contributed by atoms with Crippen LogP contribution in [-0.4, -0.2) is 55.2 Å². The van der Waals surface area contributed by atoms with Crippen LogP contribution in [0.2, 0.25) is 0 Å². The van der Waals surface area contributed by atoms with Gasteiger partial charge in [-0.3, -0.25) is 9.79 Å². The largest absolute Gasteiger partial charge is 0.372 e. The zero-order valence-electron chi connectivity index (χ0n) is 17.1. The second-order valence-corrected chi connectivity index (χ2v) is 7.59. The van der Waals surface area contributed by atoms with Gasteiger partial charge in [-0.1, -0.05) is 12.0 Å². The van der Waals surface area contributed by atoms with Crippen LogP contribution in [0.1, 0.15) is 39.2 Å². The van der Waals surface area contributed by atoms with Crippen molar-refractivity contribution in [1.82, 2.24) is 10.2 Å². The minimum atomic E-state index is -0.142. The molecule has 0 radical (unpaired) electrons. The molecule has 1 aliphatic rings. The highest BCUT2D eigenvalue weighted by Crippen LogP contribution is 2.20. The van der Waals surface area contributed by atoms with E-state index >= 15 is 0 Å². The highest BCUT2D eigenvalue weighted by atomic mass is 127. The summed E-state index contributed by atoms with van der Waals surface area (Å²) in [4.78, 5) is 18.7. The number of anilines is 1. The van der Waals surface area contributed by atoms with Gasteiger partial charge in [0, 0.05) is 31.4 Å². The molecule has 0 atom stereocenters. The van der Waals surface area contributed by atoms with Crippen LogP contribution in [0, 0.1) is 12.3 Å². The van der Waals surface area contributed by atoms with Crippen LogP contribution in [0.5, 0.6) is 0 Å². The van der Waals surface area contributed by atoms with Gasteiger partial charge in [-0.05, 0) is 51.8 Å². The molecular formula is C21H31IN4O2. The van der Waals surface area contributed by atoms with Crippen LogP contribution in [0.25, 0.3) is 0 Å². The summed E-state index contributed by atoms with van der Waals surface area (Å²) < 4.78 is 6.06. The number of aliphatic imine (C=N–C) groups is 1. The van der Waals surface area contributed by atoms with Crippen molar-refractivity contribution >= 4 is 41.5 Å². The molecule has 28 heavy (non-hydrogen) atoms. The van der Waals surface area contributed by atoms with Crippen molar-refractivity contribution in [1.29, 1.82) is 0 Å². The van der Waals surface area contributed by atoms with E-state index in [9.17, 15) is 4.79 Å². The minimum Gasteiger partial charge on any atom is -0.372 e. The molecule has 1 aromatic rings. The Hall–Kier alpha value is -1.79. The van der Waals surface area contributed by atoms with Crippen molar-refractivity contribution in [3.8, 4) is 12.3 Å². The summed E-state index contributed by atoms with van der Waals surface area (Å²) in [5.41, 5.74) is 1.30. The maximum Gasteiger partial charge on any atom is 0.243 e. The second-order valence-electron chi connectivity index (χ2n) is 7.59. The molecule has 1 fully saturated rings. The highest BCUT2D eigenvalue weighted by molar-refractivity contribution is 14.0. The second kappa shape index (κ2) is 11.3. The number of likely N-dealkylation sites (tertiary alicyclic amines) is 1. The number of carbonyl (C=O) groups is 1. The lowest BCUT2D eigenvalue weighted by molar-refractivity contribution is -0.115. The highest BCUT2D eigenvalue weighted by Gasteiger charge is 2.25. The molecule has 6 nitrogen and oxygen atoms in total. The van der Waals surface area contributed by atoms with Crippen molar-refractivity contribution in [3.63, 3.8) is 0 Å². The quantitative estimate of drug-likeness (QED) is 0.290. The van der Waals surface area contributed by atoms with E-state index in [1.54, 1.807) is 13.1 Å². The summed E-state index contributed by atoms with van der Waals surface area (Å²) in [6.07, 6.45) is 7.55. The van der Waals surface area contributed by atoms with Gasteiger partial charge >= 0.3 is 0 Å². The summed E-state index contributed by atoms with van der Waals surface area (Å²) in [5, 5.41) is 5.97. The van der Waals surface area contributed by atoms with Gasteiger partial charge in [0.2, 0.25) is 5.91 Å². The van der Waals surface area contributed by atoms with E-state index in [2.05, 4.69) is 47.2 Å². The van der Waals surface area contributed by atoms with Gasteiger partial charge in [0.05, 0.1) is 18.2 Å². The van der Waals surface area contributed by atoms with Gasteiger partial charge in [-0.15, -0.1) is 30.4 Å².